The predicted octanol–water partition coefficient (Wildman–Crippen LogP) is 4.11. The number of nitrogens with zero attached hydrogens (tertiary/aromatic N) is 4. The first-order valence-electron chi connectivity index (χ1n) is 9.10. The molecule has 0 saturated carbocycles. The van der Waals surface area contributed by atoms with Gasteiger partial charge in [-0.2, -0.15) is 0 Å². The van der Waals surface area contributed by atoms with Crippen molar-refractivity contribution in [2.24, 2.45) is 0 Å². The Hall–Kier alpha value is -4.01. The van der Waals surface area contributed by atoms with E-state index < -0.39 is 10.8 Å². The first kappa shape index (κ1) is 20.7. The number of nitro groups is 1. The normalized spacial score (nSPS) is 10.4. The Bertz CT molecular complexity index is 1090. The monoisotopic (exact) mass is 407 g/mol. The molecule has 0 aliphatic heterocycles. The number of anilines is 2. The van der Waals surface area contributed by atoms with E-state index in [9.17, 15) is 14.9 Å². The maximum Gasteiger partial charge on any atom is 0.322 e. The van der Waals surface area contributed by atoms with Gasteiger partial charge in [0.1, 0.15) is 11.4 Å². The third-order valence-corrected chi connectivity index (χ3v) is 4.18. The minimum Gasteiger partial charge on any atom is -0.424 e. The molecule has 0 aliphatic carbocycles. The van der Waals surface area contributed by atoms with Crippen LogP contribution in [0.2, 0.25) is 0 Å². The number of nitro benzene ring substituents is 1. The van der Waals surface area contributed by atoms with E-state index >= 15 is 0 Å². The van der Waals surface area contributed by atoms with E-state index in [1.165, 1.54) is 6.07 Å². The van der Waals surface area contributed by atoms with E-state index in [4.69, 9.17) is 4.74 Å². The van der Waals surface area contributed by atoms with Crippen molar-refractivity contribution in [2.75, 3.05) is 24.3 Å². The molecule has 0 aliphatic rings. The molecule has 0 saturated heterocycles. The van der Waals surface area contributed by atoms with Gasteiger partial charge in [-0.15, -0.1) is 0 Å². The third-order valence-electron chi connectivity index (χ3n) is 4.18. The Morgan fingerprint density at radius 1 is 1.07 bits per heavy atom. The number of aromatic nitrogens is 2. The van der Waals surface area contributed by atoms with Crippen LogP contribution in [0.5, 0.6) is 11.8 Å². The molecule has 1 amide bonds. The first-order chi connectivity index (χ1) is 14.2. The summed E-state index contributed by atoms with van der Waals surface area (Å²) in [6.45, 7) is 3.69. The van der Waals surface area contributed by atoms with Gasteiger partial charge in [-0.1, -0.05) is 6.07 Å². The summed E-state index contributed by atoms with van der Waals surface area (Å²) in [5.41, 5.74) is 2.49. The van der Waals surface area contributed by atoms with Crippen LogP contribution in [0.25, 0.3) is 0 Å². The molecule has 1 heterocycles. The smallest absolute Gasteiger partial charge is 0.322 e. The molecule has 9 heteroatoms. The molecule has 9 nitrogen and oxygen atoms in total. The number of carbonyl (C=O) groups is 1. The zero-order valence-corrected chi connectivity index (χ0v) is 17.0. The van der Waals surface area contributed by atoms with E-state index in [-0.39, 0.29) is 17.3 Å². The molecule has 0 bridgehead atoms. The van der Waals surface area contributed by atoms with E-state index in [0.717, 1.165) is 11.4 Å². The van der Waals surface area contributed by atoms with Gasteiger partial charge in [0.25, 0.3) is 11.6 Å². The van der Waals surface area contributed by atoms with Crippen molar-refractivity contribution in [3.8, 4) is 11.8 Å². The van der Waals surface area contributed by atoms with Crippen molar-refractivity contribution >= 4 is 23.0 Å². The van der Waals surface area contributed by atoms with E-state index in [0.29, 0.717) is 17.1 Å². The lowest BCUT2D eigenvalue weighted by molar-refractivity contribution is -0.384. The van der Waals surface area contributed by atoms with Crippen LogP contribution >= 0.6 is 0 Å². The van der Waals surface area contributed by atoms with Gasteiger partial charge >= 0.3 is 6.01 Å². The summed E-state index contributed by atoms with van der Waals surface area (Å²) in [6, 6.07) is 13.1. The summed E-state index contributed by atoms with van der Waals surface area (Å²) in [5, 5.41) is 14.1. The van der Waals surface area contributed by atoms with Crippen LogP contribution in [0.4, 0.5) is 17.1 Å². The molecule has 1 aromatic heterocycles. The topological polar surface area (TPSA) is 110 Å². The first-order valence-corrected chi connectivity index (χ1v) is 9.10. The van der Waals surface area contributed by atoms with Crippen LogP contribution < -0.4 is 15.0 Å². The molecule has 0 spiro atoms. The fourth-order valence-electron chi connectivity index (χ4n) is 2.87. The Labute approximate surface area is 173 Å². The number of hydrogen-bond acceptors (Lipinski definition) is 7. The van der Waals surface area contributed by atoms with E-state index in [2.05, 4.69) is 15.3 Å². The van der Waals surface area contributed by atoms with Gasteiger partial charge in [0.15, 0.2) is 0 Å². The lowest BCUT2D eigenvalue weighted by Crippen LogP contribution is -2.15. The Morgan fingerprint density at radius 3 is 2.40 bits per heavy atom. The Morgan fingerprint density at radius 2 is 1.77 bits per heavy atom. The second-order valence-electron chi connectivity index (χ2n) is 6.87. The summed E-state index contributed by atoms with van der Waals surface area (Å²) in [5.74, 6) is -0.0186. The maximum absolute atomic E-state index is 12.6. The molecule has 0 fully saturated rings. The molecule has 154 valence electrons. The molecule has 30 heavy (non-hydrogen) atoms. The van der Waals surface area contributed by atoms with Gasteiger partial charge in [-0.25, -0.2) is 9.97 Å². The fraction of sp³-hybridized carbons (Fsp3) is 0.190. The highest BCUT2D eigenvalue weighted by Gasteiger charge is 2.19. The molecular weight excluding hydrogens is 386 g/mol. The number of ether oxygens (including phenoxy) is 1. The number of hydrogen-bond donors (Lipinski definition) is 1. The number of nitrogens with one attached hydrogen (secondary N) is 1. The molecular formula is C21H21N5O4. The van der Waals surface area contributed by atoms with E-state index in [1.807, 2.05) is 19.9 Å². The summed E-state index contributed by atoms with van der Waals surface area (Å²) in [4.78, 5) is 33.5. The molecule has 3 aromatic rings. The number of benzene rings is 2. The highest BCUT2D eigenvalue weighted by Crippen LogP contribution is 2.28. The minimum absolute atomic E-state index is 0.142. The van der Waals surface area contributed by atoms with E-state index in [1.54, 1.807) is 55.4 Å². The lowest BCUT2D eigenvalue weighted by atomic mass is 10.1. The van der Waals surface area contributed by atoms with Crippen LogP contribution in [-0.2, 0) is 0 Å². The number of rotatable bonds is 6. The van der Waals surface area contributed by atoms with Crippen molar-refractivity contribution < 1.29 is 14.5 Å². The fourth-order valence-corrected chi connectivity index (χ4v) is 2.87. The quantitative estimate of drug-likeness (QED) is 0.483. The van der Waals surface area contributed by atoms with Crippen molar-refractivity contribution in [1.82, 2.24) is 9.97 Å². The van der Waals surface area contributed by atoms with Crippen molar-refractivity contribution in [3.63, 3.8) is 0 Å². The van der Waals surface area contributed by atoms with Crippen LogP contribution in [0.15, 0.2) is 48.5 Å². The van der Waals surface area contributed by atoms with Crippen molar-refractivity contribution in [2.45, 2.75) is 13.8 Å². The lowest BCUT2D eigenvalue weighted by Gasteiger charge is -2.13. The zero-order valence-electron chi connectivity index (χ0n) is 17.0. The predicted molar refractivity (Wildman–Crippen MR) is 113 cm³/mol. The number of amides is 1. The van der Waals surface area contributed by atoms with Crippen LogP contribution in [-0.4, -0.2) is 34.9 Å². The van der Waals surface area contributed by atoms with Gasteiger partial charge in [0.2, 0.25) is 0 Å². The molecule has 0 atom stereocenters. The van der Waals surface area contributed by atoms with Crippen molar-refractivity contribution in [3.05, 3.63) is 75.6 Å². The standard InChI is InChI=1S/C21H21N5O4/c1-13-10-14(2)23-21(22-13)30-17-7-5-6-16(12-17)24-20(27)15-8-9-18(25(3)4)19(11-15)26(28)29/h5-12H,1-4H3,(H,24,27). The second kappa shape index (κ2) is 8.56. The molecule has 2 aromatic carbocycles. The maximum atomic E-state index is 12.6. The molecule has 0 unspecified atom stereocenters. The average Bonchev–Trinajstić information content (AvgIpc) is 2.66. The van der Waals surface area contributed by atoms with Crippen LogP contribution in [0, 0.1) is 24.0 Å². The largest absolute Gasteiger partial charge is 0.424 e. The average molecular weight is 407 g/mol. The summed E-state index contributed by atoms with van der Waals surface area (Å²) < 4.78 is 5.69. The molecule has 0 radical (unpaired) electrons. The minimum atomic E-state index is -0.510. The SMILES string of the molecule is Cc1cc(C)nc(Oc2cccc(NC(=O)c3ccc(N(C)C)c([N+](=O)[O-])c3)c2)n1. The van der Waals surface area contributed by atoms with Gasteiger partial charge in [-0.3, -0.25) is 14.9 Å². The molecule has 1 N–H and O–H groups in total. The Kier molecular flexibility index (Phi) is 5.91. The van der Waals surface area contributed by atoms with Crippen LogP contribution in [0.3, 0.4) is 0 Å². The summed E-state index contributed by atoms with van der Waals surface area (Å²) in [6.07, 6.45) is 0. The highest BCUT2D eigenvalue weighted by atomic mass is 16.6. The molecule has 3 rings (SSSR count). The third kappa shape index (κ3) is 4.88. The van der Waals surface area contributed by atoms with Crippen molar-refractivity contribution in [1.29, 1.82) is 0 Å². The van der Waals surface area contributed by atoms with Gasteiger partial charge in [-0.05, 0) is 44.2 Å². The number of carbonyl (C=O) groups excluding carboxylic acids is 1. The zero-order chi connectivity index (χ0) is 21.8. The van der Waals surface area contributed by atoms with Gasteiger partial charge in [0.05, 0.1) is 4.92 Å². The van der Waals surface area contributed by atoms with Gasteiger partial charge in [0, 0.05) is 48.9 Å². The summed E-state index contributed by atoms with van der Waals surface area (Å²) >= 11 is 0. The highest BCUT2D eigenvalue weighted by molar-refractivity contribution is 6.05. The summed E-state index contributed by atoms with van der Waals surface area (Å²) in [7, 11) is 3.40. The Balaban J connectivity index is 1.80. The van der Waals surface area contributed by atoms with Gasteiger partial charge < -0.3 is 15.0 Å². The second-order valence-corrected chi connectivity index (χ2v) is 6.87. The van der Waals surface area contributed by atoms with Crippen LogP contribution in [0.1, 0.15) is 21.7 Å². The number of aryl methyl sites for hydroxylation is 2.